The highest BCUT2D eigenvalue weighted by molar-refractivity contribution is 9.10. The second-order valence-corrected chi connectivity index (χ2v) is 9.18. The molecule has 152 valence electrons. The zero-order chi connectivity index (χ0) is 21.5. The van der Waals surface area contributed by atoms with Crippen molar-refractivity contribution in [2.45, 2.75) is 5.41 Å². The first-order valence-corrected chi connectivity index (χ1v) is 11.7. The molecule has 1 heteroatoms. The smallest absolute Gasteiger partial charge is 0.0622 e. The zero-order valence-corrected chi connectivity index (χ0v) is 19.1. The Kier molecular flexibility index (Phi) is 4.59. The minimum absolute atomic E-state index is 0.377. The van der Waals surface area contributed by atoms with Crippen LogP contribution < -0.4 is 0 Å². The lowest BCUT2D eigenvalue weighted by atomic mass is 9.66. The van der Waals surface area contributed by atoms with Gasteiger partial charge in [0.1, 0.15) is 0 Å². The van der Waals surface area contributed by atoms with E-state index >= 15 is 0 Å². The van der Waals surface area contributed by atoms with Gasteiger partial charge in [-0.05, 0) is 56.6 Å². The first kappa shape index (κ1) is 19.3. The number of fused-ring (bicyclic) bond motifs is 3. The van der Waals surface area contributed by atoms with E-state index in [1.54, 1.807) is 0 Å². The summed E-state index contributed by atoms with van der Waals surface area (Å²) in [7, 11) is 0. The molecule has 1 aliphatic carbocycles. The molecular weight excluding hydrogens is 452 g/mol. The molecule has 0 bridgehead atoms. The molecule has 0 amide bonds. The third-order valence-corrected chi connectivity index (χ3v) is 7.17. The van der Waals surface area contributed by atoms with E-state index in [4.69, 9.17) is 0 Å². The monoisotopic (exact) mass is 472 g/mol. The Labute approximate surface area is 197 Å². The van der Waals surface area contributed by atoms with Crippen LogP contribution in [0.1, 0.15) is 22.3 Å². The maximum absolute atomic E-state index is 3.59. The summed E-state index contributed by atoms with van der Waals surface area (Å²) in [6.45, 7) is 0. The number of hydrogen-bond acceptors (Lipinski definition) is 0. The molecule has 0 aromatic heterocycles. The molecule has 6 rings (SSSR count). The molecular formula is C31H21Br. The van der Waals surface area contributed by atoms with Crippen LogP contribution in [-0.4, -0.2) is 0 Å². The second kappa shape index (κ2) is 7.62. The predicted octanol–water partition coefficient (Wildman–Crippen LogP) is 8.48. The maximum atomic E-state index is 3.59. The average Bonchev–Trinajstić information content (AvgIpc) is 3.16. The Morgan fingerprint density at radius 2 is 0.844 bits per heavy atom. The Morgan fingerprint density at radius 3 is 1.41 bits per heavy atom. The van der Waals surface area contributed by atoms with E-state index in [2.05, 4.69) is 143 Å². The van der Waals surface area contributed by atoms with Crippen molar-refractivity contribution in [1.29, 1.82) is 0 Å². The number of hydrogen-bond donors (Lipinski definition) is 0. The molecule has 0 heterocycles. The molecule has 0 nitrogen and oxygen atoms in total. The normalized spacial score (nSPS) is 13.4. The Bertz CT molecular complexity index is 1370. The van der Waals surface area contributed by atoms with Crippen LogP contribution in [0.15, 0.2) is 132 Å². The standard InChI is InChI=1S/C31H21Br/c32-24-20-18-22(19-21-24)25-12-4-7-15-28(25)31(23-10-2-1-3-11-23)29-16-8-5-13-26(29)27-14-6-9-17-30(27)31/h1-21H. The molecule has 0 N–H and O–H groups in total. The summed E-state index contributed by atoms with van der Waals surface area (Å²) >= 11 is 3.59. The fourth-order valence-corrected chi connectivity index (χ4v) is 5.64. The summed E-state index contributed by atoms with van der Waals surface area (Å²) in [4.78, 5) is 0. The summed E-state index contributed by atoms with van der Waals surface area (Å²) in [6.07, 6.45) is 0. The van der Waals surface area contributed by atoms with Crippen LogP contribution in [0.2, 0.25) is 0 Å². The van der Waals surface area contributed by atoms with Gasteiger partial charge in [0.25, 0.3) is 0 Å². The lowest BCUT2D eigenvalue weighted by Crippen LogP contribution is -2.29. The lowest BCUT2D eigenvalue weighted by Gasteiger charge is -2.35. The van der Waals surface area contributed by atoms with Crippen molar-refractivity contribution in [3.8, 4) is 22.3 Å². The Hall–Kier alpha value is -3.42. The van der Waals surface area contributed by atoms with E-state index in [1.165, 1.54) is 44.5 Å². The van der Waals surface area contributed by atoms with Gasteiger partial charge < -0.3 is 0 Å². The van der Waals surface area contributed by atoms with Crippen LogP contribution in [0.5, 0.6) is 0 Å². The highest BCUT2D eigenvalue weighted by Crippen LogP contribution is 2.57. The van der Waals surface area contributed by atoms with Crippen LogP contribution in [0.4, 0.5) is 0 Å². The zero-order valence-electron chi connectivity index (χ0n) is 17.5. The van der Waals surface area contributed by atoms with Gasteiger partial charge in [0.15, 0.2) is 0 Å². The summed E-state index contributed by atoms with van der Waals surface area (Å²) < 4.78 is 1.09. The van der Waals surface area contributed by atoms with Crippen LogP contribution in [0.3, 0.4) is 0 Å². The van der Waals surface area contributed by atoms with Crippen molar-refractivity contribution in [1.82, 2.24) is 0 Å². The van der Waals surface area contributed by atoms with Crippen LogP contribution >= 0.6 is 15.9 Å². The van der Waals surface area contributed by atoms with Crippen LogP contribution in [0, 0.1) is 0 Å². The molecule has 0 aliphatic heterocycles. The molecule has 1 aliphatic rings. The largest absolute Gasteiger partial charge is 0.0719 e. The minimum atomic E-state index is -0.377. The molecule has 0 saturated heterocycles. The fourth-order valence-electron chi connectivity index (χ4n) is 5.37. The van der Waals surface area contributed by atoms with Crippen LogP contribution in [0.25, 0.3) is 22.3 Å². The first-order valence-electron chi connectivity index (χ1n) is 10.9. The topological polar surface area (TPSA) is 0 Å². The van der Waals surface area contributed by atoms with Crippen molar-refractivity contribution in [2.75, 3.05) is 0 Å². The number of halogens is 1. The van der Waals surface area contributed by atoms with Gasteiger partial charge in [0.2, 0.25) is 0 Å². The van der Waals surface area contributed by atoms with E-state index < -0.39 is 0 Å². The third kappa shape index (κ3) is 2.75. The van der Waals surface area contributed by atoms with Gasteiger partial charge in [-0.25, -0.2) is 0 Å². The average molecular weight is 473 g/mol. The quantitative estimate of drug-likeness (QED) is 0.242. The van der Waals surface area contributed by atoms with E-state index in [0.717, 1.165) is 4.47 Å². The van der Waals surface area contributed by atoms with Crippen molar-refractivity contribution in [3.05, 3.63) is 154 Å². The van der Waals surface area contributed by atoms with Gasteiger partial charge in [-0.1, -0.05) is 131 Å². The molecule has 0 unspecified atom stereocenters. The summed E-state index contributed by atoms with van der Waals surface area (Å²) in [5.41, 5.74) is 10.0. The maximum Gasteiger partial charge on any atom is 0.0719 e. The number of rotatable bonds is 3. The van der Waals surface area contributed by atoms with Gasteiger partial charge >= 0.3 is 0 Å². The minimum Gasteiger partial charge on any atom is -0.0622 e. The molecule has 0 saturated carbocycles. The van der Waals surface area contributed by atoms with Crippen molar-refractivity contribution < 1.29 is 0 Å². The van der Waals surface area contributed by atoms with Crippen molar-refractivity contribution in [3.63, 3.8) is 0 Å². The van der Waals surface area contributed by atoms with Gasteiger partial charge in [0.05, 0.1) is 5.41 Å². The van der Waals surface area contributed by atoms with Gasteiger partial charge in [-0.2, -0.15) is 0 Å². The summed E-state index contributed by atoms with van der Waals surface area (Å²) in [5.74, 6) is 0. The van der Waals surface area contributed by atoms with Gasteiger partial charge in [0, 0.05) is 4.47 Å². The molecule has 5 aromatic carbocycles. The molecule has 5 aromatic rings. The SMILES string of the molecule is Brc1ccc(-c2ccccc2C2(c3ccccc3)c3ccccc3-c3ccccc32)cc1. The highest BCUT2D eigenvalue weighted by Gasteiger charge is 2.46. The summed E-state index contributed by atoms with van der Waals surface area (Å²) in [6, 6.07) is 46.3. The fraction of sp³-hybridized carbons (Fsp3) is 0.0323. The molecule has 0 radical (unpaired) electrons. The molecule has 0 spiro atoms. The second-order valence-electron chi connectivity index (χ2n) is 8.26. The van der Waals surface area contributed by atoms with Crippen LogP contribution in [-0.2, 0) is 5.41 Å². The molecule has 0 fully saturated rings. The lowest BCUT2D eigenvalue weighted by molar-refractivity contribution is 0.770. The van der Waals surface area contributed by atoms with Crippen molar-refractivity contribution >= 4 is 15.9 Å². The first-order chi connectivity index (χ1) is 15.8. The number of benzene rings is 5. The predicted molar refractivity (Wildman–Crippen MR) is 137 cm³/mol. The van der Waals surface area contributed by atoms with E-state index in [-0.39, 0.29) is 5.41 Å². The van der Waals surface area contributed by atoms with E-state index in [0.29, 0.717) is 0 Å². The molecule has 0 atom stereocenters. The van der Waals surface area contributed by atoms with Crippen molar-refractivity contribution in [2.24, 2.45) is 0 Å². The highest BCUT2D eigenvalue weighted by atomic mass is 79.9. The Morgan fingerprint density at radius 1 is 0.406 bits per heavy atom. The van der Waals surface area contributed by atoms with E-state index in [9.17, 15) is 0 Å². The summed E-state index contributed by atoms with van der Waals surface area (Å²) in [5, 5.41) is 0. The van der Waals surface area contributed by atoms with E-state index in [1.807, 2.05) is 0 Å². The molecule has 32 heavy (non-hydrogen) atoms. The third-order valence-electron chi connectivity index (χ3n) is 6.65. The van der Waals surface area contributed by atoms with Gasteiger partial charge in [-0.15, -0.1) is 0 Å². The Balaban J connectivity index is 1.77. The van der Waals surface area contributed by atoms with Gasteiger partial charge in [-0.3, -0.25) is 0 Å².